The van der Waals surface area contributed by atoms with Gasteiger partial charge in [-0.05, 0) is 44.2 Å². The van der Waals surface area contributed by atoms with Crippen molar-refractivity contribution in [1.29, 1.82) is 5.26 Å². The Hall–Kier alpha value is -3.92. The molecule has 140 valence electrons. The van der Waals surface area contributed by atoms with E-state index in [1.54, 1.807) is 36.4 Å². The SMILES string of the molecule is Cc1ccc2oc(C(=O)O[C@@H](C)C(=O)Nc3cccc(C#N)c3)cc(=O)c2c1. The summed E-state index contributed by atoms with van der Waals surface area (Å²) in [5.41, 5.74) is 1.56. The maximum absolute atomic E-state index is 12.3. The van der Waals surface area contributed by atoms with Gasteiger partial charge in [0.25, 0.3) is 5.91 Å². The first kappa shape index (κ1) is 18.9. The van der Waals surface area contributed by atoms with Crippen molar-refractivity contribution in [2.75, 3.05) is 5.32 Å². The zero-order valence-electron chi connectivity index (χ0n) is 15.2. The van der Waals surface area contributed by atoms with Crippen LogP contribution in [0.25, 0.3) is 11.0 Å². The lowest BCUT2D eigenvalue weighted by atomic mass is 10.1. The minimum absolute atomic E-state index is 0.260. The van der Waals surface area contributed by atoms with E-state index in [1.807, 2.05) is 13.0 Å². The Labute approximate surface area is 160 Å². The van der Waals surface area contributed by atoms with E-state index in [1.165, 1.54) is 13.0 Å². The minimum Gasteiger partial charge on any atom is -0.449 e. The summed E-state index contributed by atoms with van der Waals surface area (Å²) in [7, 11) is 0. The zero-order valence-corrected chi connectivity index (χ0v) is 15.2. The van der Waals surface area contributed by atoms with E-state index >= 15 is 0 Å². The van der Waals surface area contributed by atoms with Crippen LogP contribution >= 0.6 is 0 Å². The van der Waals surface area contributed by atoms with Crippen molar-refractivity contribution in [3.8, 4) is 6.07 Å². The maximum Gasteiger partial charge on any atom is 0.375 e. The van der Waals surface area contributed by atoms with Crippen LogP contribution in [0.2, 0.25) is 0 Å². The topological polar surface area (TPSA) is 109 Å². The van der Waals surface area contributed by atoms with Gasteiger partial charge < -0.3 is 14.5 Å². The molecule has 0 radical (unpaired) electrons. The van der Waals surface area contributed by atoms with E-state index in [0.29, 0.717) is 16.6 Å². The van der Waals surface area contributed by atoms with E-state index < -0.39 is 18.0 Å². The maximum atomic E-state index is 12.3. The average Bonchev–Trinajstić information content (AvgIpc) is 2.68. The molecule has 0 saturated carbocycles. The Balaban J connectivity index is 1.74. The number of nitrogens with one attached hydrogen (secondary N) is 1. The molecule has 2 aromatic carbocycles. The predicted octanol–water partition coefficient (Wildman–Crippen LogP) is 3.16. The summed E-state index contributed by atoms with van der Waals surface area (Å²) in [5.74, 6) is -1.79. The molecule has 1 aromatic heterocycles. The van der Waals surface area contributed by atoms with Crippen molar-refractivity contribution in [3.63, 3.8) is 0 Å². The van der Waals surface area contributed by atoms with Crippen molar-refractivity contribution in [2.24, 2.45) is 0 Å². The lowest BCUT2D eigenvalue weighted by molar-refractivity contribution is -0.123. The highest BCUT2D eigenvalue weighted by Crippen LogP contribution is 2.16. The minimum atomic E-state index is -1.14. The molecule has 1 N–H and O–H groups in total. The summed E-state index contributed by atoms with van der Waals surface area (Å²) in [6.45, 7) is 3.23. The molecule has 28 heavy (non-hydrogen) atoms. The molecule has 1 amide bonds. The number of nitriles is 1. The van der Waals surface area contributed by atoms with Gasteiger partial charge >= 0.3 is 5.97 Å². The van der Waals surface area contributed by atoms with Gasteiger partial charge in [-0.2, -0.15) is 5.26 Å². The second-order valence-corrected chi connectivity index (χ2v) is 6.20. The Kier molecular flexibility index (Phi) is 5.23. The van der Waals surface area contributed by atoms with E-state index in [-0.39, 0.29) is 16.8 Å². The third-order valence-corrected chi connectivity index (χ3v) is 4.00. The normalized spacial score (nSPS) is 11.5. The van der Waals surface area contributed by atoms with Crippen LogP contribution in [0.5, 0.6) is 0 Å². The van der Waals surface area contributed by atoms with Gasteiger partial charge in [0.2, 0.25) is 5.76 Å². The number of rotatable bonds is 4. The molecule has 3 aromatic rings. The number of carbonyl (C=O) groups excluding carboxylic acids is 2. The molecule has 0 saturated heterocycles. The summed E-state index contributed by atoms with van der Waals surface area (Å²) < 4.78 is 10.6. The second-order valence-electron chi connectivity index (χ2n) is 6.20. The smallest absolute Gasteiger partial charge is 0.375 e. The molecule has 0 unspecified atom stereocenters. The number of benzene rings is 2. The Morgan fingerprint density at radius 1 is 1.18 bits per heavy atom. The molecule has 0 spiro atoms. The van der Waals surface area contributed by atoms with E-state index in [0.717, 1.165) is 11.6 Å². The van der Waals surface area contributed by atoms with Crippen LogP contribution in [0.15, 0.2) is 57.7 Å². The van der Waals surface area contributed by atoms with Crippen LogP contribution in [-0.2, 0) is 9.53 Å². The Morgan fingerprint density at radius 3 is 2.71 bits per heavy atom. The molecule has 0 bridgehead atoms. The quantitative estimate of drug-likeness (QED) is 0.701. The van der Waals surface area contributed by atoms with E-state index in [4.69, 9.17) is 14.4 Å². The predicted molar refractivity (Wildman–Crippen MR) is 102 cm³/mol. The van der Waals surface area contributed by atoms with Crippen molar-refractivity contribution in [3.05, 3.63) is 75.6 Å². The fourth-order valence-electron chi connectivity index (χ4n) is 2.55. The van der Waals surface area contributed by atoms with Crippen LogP contribution in [0.3, 0.4) is 0 Å². The number of aryl methyl sites for hydroxylation is 1. The van der Waals surface area contributed by atoms with Gasteiger partial charge in [-0.3, -0.25) is 9.59 Å². The number of hydrogen-bond donors (Lipinski definition) is 1. The van der Waals surface area contributed by atoms with Gasteiger partial charge in [-0.25, -0.2) is 4.79 Å². The number of nitrogens with zero attached hydrogens (tertiary/aromatic N) is 1. The molecule has 3 rings (SSSR count). The molecular formula is C21H16N2O5. The summed E-state index contributed by atoms with van der Waals surface area (Å²) in [6.07, 6.45) is -1.14. The van der Waals surface area contributed by atoms with Gasteiger partial charge in [0.05, 0.1) is 17.0 Å². The van der Waals surface area contributed by atoms with Crippen molar-refractivity contribution < 1.29 is 18.7 Å². The van der Waals surface area contributed by atoms with Crippen molar-refractivity contribution >= 4 is 28.5 Å². The number of carbonyl (C=O) groups is 2. The molecule has 0 aliphatic carbocycles. The zero-order chi connectivity index (χ0) is 20.3. The number of esters is 1. The molecule has 1 atom stereocenters. The van der Waals surface area contributed by atoms with Crippen LogP contribution < -0.4 is 10.7 Å². The lowest BCUT2D eigenvalue weighted by Crippen LogP contribution is -2.30. The van der Waals surface area contributed by atoms with Crippen molar-refractivity contribution in [1.82, 2.24) is 0 Å². The molecule has 0 aliphatic heterocycles. The largest absolute Gasteiger partial charge is 0.449 e. The first-order valence-corrected chi connectivity index (χ1v) is 8.44. The second kappa shape index (κ2) is 7.76. The number of ether oxygens (including phenoxy) is 1. The van der Waals surface area contributed by atoms with Crippen molar-refractivity contribution in [2.45, 2.75) is 20.0 Å². The standard InChI is InChI=1S/C21H16N2O5/c1-12-6-7-18-16(8-12)17(24)10-19(28-18)21(26)27-13(2)20(25)23-15-5-3-4-14(9-15)11-22/h3-10,13H,1-2H3,(H,23,25)/t13-/m0/s1. The number of anilines is 1. The van der Waals surface area contributed by atoms with Crippen LogP contribution in [0.4, 0.5) is 5.69 Å². The van der Waals surface area contributed by atoms with Gasteiger partial charge in [-0.15, -0.1) is 0 Å². The highest BCUT2D eigenvalue weighted by Gasteiger charge is 2.21. The first-order valence-electron chi connectivity index (χ1n) is 8.44. The molecule has 7 heteroatoms. The molecular weight excluding hydrogens is 360 g/mol. The van der Waals surface area contributed by atoms with E-state index in [2.05, 4.69) is 5.32 Å². The lowest BCUT2D eigenvalue weighted by Gasteiger charge is -2.13. The number of amides is 1. The fourth-order valence-corrected chi connectivity index (χ4v) is 2.55. The van der Waals surface area contributed by atoms with Crippen LogP contribution in [0, 0.1) is 18.3 Å². The van der Waals surface area contributed by atoms with Gasteiger partial charge in [0.1, 0.15) is 5.58 Å². The van der Waals surface area contributed by atoms with Crippen LogP contribution in [-0.4, -0.2) is 18.0 Å². The third kappa shape index (κ3) is 4.07. The summed E-state index contributed by atoms with van der Waals surface area (Å²) in [6, 6.07) is 14.4. The monoisotopic (exact) mass is 376 g/mol. The Morgan fingerprint density at radius 2 is 1.96 bits per heavy atom. The summed E-state index contributed by atoms with van der Waals surface area (Å²) in [5, 5.41) is 11.8. The molecule has 0 aliphatic rings. The first-order chi connectivity index (χ1) is 13.4. The molecule has 0 fully saturated rings. The Bertz CT molecular complexity index is 1170. The summed E-state index contributed by atoms with van der Waals surface area (Å²) >= 11 is 0. The number of fused-ring (bicyclic) bond motifs is 1. The van der Waals surface area contributed by atoms with E-state index in [9.17, 15) is 14.4 Å². The van der Waals surface area contributed by atoms with Gasteiger partial charge in [0, 0.05) is 11.8 Å². The fraction of sp³-hybridized carbons (Fsp3) is 0.143. The number of hydrogen-bond acceptors (Lipinski definition) is 6. The van der Waals surface area contributed by atoms with Crippen LogP contribution in [0.1, 0.15) is 28.6 Å². The summed E-state index contributed by atoms with van der Waals surface area (Å²) in [4.78, 5) is 36.7. The average molecular weight is 376 g/mol. The molecule has 1 heterocycles. The third-order valence-electron chi connectivity index (χ3n) is 4.00. The molecule has 7 nitrogen and oxygen atoms in total. The van der Waals surface area contributed by atoms with Gasteiger partial charge in [-0.1, -0.05) is 17.7 Å². The van der Waals surface area contributed by atoms with Gasteiger partial charge in [0.15, 0.2) is 11.5 Å². The highest BCUT2D eigenvalue weighted by atomic mass is 16.6. The highest BCUT2D eigenvalue weighted by molar-refractivity contribution is 5.97.